The van der Waals surface area contributed by atoms with E-state index < -0.39 is 0 Å². The first-order chi connectivity index (χ1) is 7.83. The monoisotopic (exact) mass is 310 g/mol. The third-order valence-electron chi connectivity index (χ3n) is 1.11. The van der Waals surface area contributed by atoms with Gasteiger partial charge in [-0.3, -0.25) is 0 Å². The number of hydrogen-bond acceptors (Lipinski definition) is 2. The van der Waals surface area contributed by atoms with Crippen molar-refractivity contribution in [2.24, 2.45) is 0 Å². The van der Waals surface area contributed by atoms with Crippen molar-refractivity contribution < 1.29 is 36.4 Å². The molecule has 94 valence electrons. The molecule has 2 aromatic rings. The van der Waals surface area contributed by atoms with E-state index in [1.807, 2.05) is 60.7 Å². The van der Waals surface area contributed by atoms with Crippen molar-refractivity contribution in [2.75, 3.05) is 13.2 Å². The summed E-state index contributed by atoms with van der Waals surface area (Å²) in [5, 5.41) is 17.9. The molecule has 0 aliphatic rings. The Morgan fingerprint density at radius 2 is 0.882 bits per heavy atom. The summed E-state index contributed by atoms with van der Waals surface area (Å²) in [6.07, 6.45) is 0. The maximum Gasteiger partial charge on any atom is 2.00 e. The van der Waals surface area contributed by atoms with E-state index in [1.54, 1.807) is 13.8 Å². The minimum Gasteiger partial charge on any atom is -0.855 e. The van der Waals surface area contributed by atoms with E-state index in [0.29, 0.717) is 0 Å². The zero-order valence-corrected chi connectivity index (χ0v) is 13.0. The Hall–Kier alpha value is -0.497. The van der Waals surface area contributed by atoms with E-state index in [0.717, 1.165) is 0 Å². The summed E-state index contributed by atoms with van der Waals surface area (Å²) >= 11 is 0. The van der Waals surface area contributed by atoms with Crippen LogP contribution in [0.3, 0.4) is 0 Å². The molecule has 0 bridgehead atoms. The van der Waals surface area contributed by atoms with Gasteiger partial charge >= 0.3 is 26.2 Å². The Morgan fingerprint density at radius 1 is 0.706 bits per heavy atom. The number of rotatable bonds is 0. The predicted octanol–water partition coefficient (Wildman–Crippen LogP) is 1.54. The van der Waals surface area contributed by atoms with E-state index in [-0.39, 0.29) is 39.4 Å². The molecule has 0 aliphatic heterocycles. The van der Waals surface area contributed by atoms with Crippen LogP contribution >= 0.6 is 0 Å². The summed E-state index contributed by atoms with van der Waals surface area (Å²) in [6, 6.07) is 20.0. The third kappa shape index (κ3) is 31.3. The van der Waals surface area contributed by atoms with Crippen molar-refractivity contribution in [2.45, 2.75) is 13.8 Å². The molecule has 2 rings (SSSR count). The molecule has 0 heterocycles. The van der Waals surface area contributed by atoms with Gasteiger partial charge in [0.2, 0.25) is 0 Å². The summed E-state index contributed by atoms with van der Waals surface area (Å²) < 4.78 is 0. The molecule has 0 spiro atoms. The second-order valence-electron chi connectivity index (χ2n) is 2.50. The van der Waals surface area contributed by atoms with Gasteiger partial charge in [-0.25, -0.2) is 24.3 Å². The fourth-order valence-electron chi connectivity index (χ4n) is 0.642. The normalized spacial score (nSPS) is 6.82. The van der Waals surface area contributed by atoms with E-state index in [1.165, 1.54) is 0 Å². The Bertz CT molecular complexity index is 176. The Morgan fingerprint density at radius 3 is 0.941 bits per heavy atom. The third-order valence-corrected chi connectivity index (χ3v) is 1.11. The Balaban J connectivity index is -0.000000157. The van der Waals surface area contributed by atoms with Crippen molar-refractivity contribution in [1.82, 2.24) is 0 Å². The maximum atomic E-state index is 8.93. The molecule has 0 N–H and O–H groups in total. The van der Waals surface area contributed by atoms with Gasteiger partial charge in [0.1, 0.15) is 0 Å². The molecule has 17 heavy (non-hydrogen) atoms. The Kier molecular flexibility index (Phi) is 31.5. The van der Waals surface area contributed by atoms with Crippen LogP contribution in [0.1, 0.15) is 13.8 Å². The standard InChI is InChI=1S/2C5H5.2C2H5O.Zr/c2*1-2-4-5-3-1;2*1-2-3;/h2*1-5H;2*2H2,1H3;/q4*-1;+2. The van der Waals surface area contributed by atoms with E-state index in [2.05, 4.69) is 0 Å². The molecule has 0 aromatic heterocycles. The molecule has 0 amide bonds. The van der Waals surface area contributed by atoms with Crippen molar-refractivity contribution in [3.63, 3.8) is 0 Å². The summed E-state index contributed by atoms with van der Waals surface area (Å²) in [5.74, 6) is 0. The zero-order valence-electron chi connectivity index (χ0n) is 10.5. The van der Waals surface area contributed by atoms with Crippen molar-refractivity contribution in [1.29, 1.82) is 0 Å². The molecular formula is C14H20O2Zr-2. The Labute approximate surface area is 124 Å². The van der Waals surface area contributed by atoms with Gasteiger partial charge in [0.25, 0.3) is 0 Å². The van der Waals surface area contributed by atoms with Gasteiger partial charge < -0.3 is 10.2 Å². The largest absolute Gasteiger partial charge is 2.00 e. The smallest absolute Gasteiger partial charge is 0.855 e. The van der Waals surface area contributed by atoms with Gasteiger partial charge in [0.15, 0.2) is 0 Å². The first-order valence-electron chi connectivity index (χ1n) is 5.32. The van der Waals surface area contributed by atoms with Gasteiger partial charge in [-0.1, -0.05) is 13.8 Å². The molecule has 0 atom stereocenters. The molecule has 0 unspecified atom stereocenters. The van der Waals surface area contributed by atoms with Crippen molar-refractivity contribution in [3.8, 4) is 0 Å². The first-order valence-corrected chi connectivity index (χ1v) is 5.32. The average molecular weight is 312 g/mol. The van der Waals surface area contributed by atoms with Crippen LogP contribution in [0.15, 0.2) is 60.7 Å². The van der Waals surface area contributed by atoms with Crippen LogP contribution < -0.4 is 10.2 Å². The topological polar surface area (TPSA) is 46.1 Å². The molecule has 0 saturated heterocycles. The number of hydrogen-bond donors (Lipinski definition) is 0. The van der Waals surface area contributed by atoms with E-state index in [4.69, 9.17) is 10.2 Å². The molecule has 2 nitrogen and oxygen atoms in total. The zero-order chi connectivity index (χ0) is 12.5. The van der Waals surface area contributed by atoms with Crippen LogP contribution in [0.25, 0.3) is 0 Å². The van der Waals surface area contributed by atoms with Gasteiger partial charge in [-0.2, -0.15) is 36.4 Å². The average Bonchev–Trinajstić information content (AvgIpc) is 3.00. The molecule has 3 heteroatoms. The van der Waals surface area contributed by atoms with Crippen molar-refractivity contribution >= 4 is 0 Å². The van der Waals surface area contributed by atoms with Crippen LogP contribution in [0, 0.1) is 0 Å². The van der Waals surface area contributed by atoms with Crippen LogP contribution in [-0.2, 0) is 26.2 Å². The van der Waals surface area contributed by atoms with E-state index >= 15 is 0 Å². The van der Waals surface area contributed by atoms with Gasteiger partial charge in [0, 0.05) is 0 Å². The second kappa shape index (κ2) is 24.6. The fourth-order valence-corrected chi connectivity index (χ4v) is 0.642. The summed E-state index contributed by atoms with van der Waals surface area (Å²) in [5.41, 5.74) is 0. The van der Waals surface area contributed by atoms with Crippen LogP contribution in [0.5, 0.6) is 0 Å². The summed E-state index contributed by atoms with van der Waals surface area (Å²) in [4.78, 5) is 0. The van der Waals surface area contributed by atoms with Crippen LogP contribution in [0.4, 0.5) is 0 Å². The van der Waals surface area contributed by atoms with Crippen molar-refractivity contribution in [3.05, 3.63) is 60.7 Å². The minimum absolute atomic E-state index is 0. The van der Waals surface area contributed by atoms with E-state index in [9.17, 15) is 0 Å². The summed E-state index contributed by atoms with van der Waals surface area (Å²) in [7, 11) is 0. The van der Waals surface area contributed by atoms with Crippen LogP contribution in [-0.4, -0.2) is 13.2 Å². The summed E-state index contributed by atoms with van der Waals surface area (Å²) in [6.45, 7) is 3.14. The SMILES string of the molecule is CC[O-].CC[O-].[Zr+2].c1cc[cH-]c1.c1cc[cH-]c1. The quantitative estimate of drug-likeness (QED) is 0.693. The second-order valence-corrected chi connectivity index (χ2v) is 2.50. The molecule has 2 aromatic carbocycles. The first kappa shape index (κ1) is 21.8. The molecule has 0 aliphatic carbocycles. The predicted molar refractivity (Wildman–Crippen MR) is 65.2 cm³/mol. The molecule has 0 radical (unpaired) electrons. The minimum atomic E-state index is 0. The van der Waals surface area contributed by atoms with Gasteiger partial charge in [-0.05, 0) is 0 Å². The maximum absolute atomic E-state index is 8.93. The fraction of sp³-hybridized carbons (Fsp3) is 0.286. The van der Waals surface area contributed by atoms with Crippen LogP contribution in [0.2, 0.25) is 0 Å². The molecule has 0 saturated carbocycles. The van der Waals surface area contributed by atoms with Gasteiger partial charge in [0.05, 0.1) is 0 Å². The van der Waals surface area contributed by atoms with Gasteiger partial charge in [-0.15, -0.1) is 13.2 Å². The molecular weight excluding hydrogens is 291 g/mol. The molecule has 0 fully saturated rings.